The standard InChI is InChI=1S/C43H36N4O3/c1-24-11-15-28(16-12-24)38-31-19-20-37(48)33(22-44-35-9-5-7-29-17-13-26(3)46-39(29)35)42(31)50-43-32(38)21-25(2)41(49)34(43)23-45-36-10-6-8-30-18-14-27(4)47-40(30)36/h5-21,44-45,48H,22-23H2,1-4H3. The van der Waals surface area contributed by atoms with Crippen LogP contribution in [0.25, 0.3) is 55.2 Å². The summed E-state index contributed by atoms with van der Waals surface area (Å²) in [5.74, 6) is 0.577. The van der Waals surface area contributed by atoms with E-state index in [1.807, 2.05) is 81.4 Å². The highest BCUT2D eigenvalue weighted by molar-refractivity contribution is 6.04. The molecular weight excluding hydrogens is 620 g/mol. The maximum Gasteiger partial charge on any atom is 0.190 e. The molecule has 1 aliphatic carbocycles. The number of benzene rings is 5. The molecule has 8 rings (SSSR count). The van der Waals surface area contributed by atoms with Crippen molar-refractivity contribution in [2.45, 2.75) is 40.8 Å². The Bertz CT molecular complexity index is 2630. The Morgan fingerprint density at radius 2 is 1.28 bits per heavy atom. The number of aromatic hydroxyl groups is 1. The van der Waals surface area contributed by atoms with Gasteiger partial charge in [0, 0.05) is 51.8 Å². The number of aryl methyl sites for hydroxylation is 4. The van der Waals surface area contributed by atoms with Gasteiger partial charge in [-0.15, -0.1) is 0 Å². The number of para-hydroxylation sites is 2. The Kier molecular flexibility index (Phi) is 7.68. The summed E-state index contributed by atoms with van der Waals surface area (Å²) >= 11 is 0. The monoisotopic (exact) mass is 656 g/mol. The largest absolute Gasteiger partial charge is 0.507 e. The summed E-state index contributed by atoms with van der Waals surface area (Å²) in [5, 5.41) is 21.3. The summed E-state index contributed by atoms with van der Waals surface area (Å²) in [6.45, 7) is 8.35. The van der Waals surface area contributed by atoms with Gasteiger partial charge in [-0.05, 0) is 81.3 Å². The van der Waals surface area contributed by atoms with Gasteiger partial charge in [-0.3, -0.25) is 14.8 Å². The van der Waals surface area contributed by atoms with E-state index in [4.69, 9.17) is 14.4 Å². The van der Waals surface area contributed by atoms with Crippen molar-refractivity contribution in [1.82, 2.24) is 9.97 Å². The Morgan fingerprint density at radius 3 is 1.90 bits per heavy atom. The molecule has 0 fully saturated rings. The number of hydrogen-bond acceptors (Lipinski definition) is 7. The second-order valence-electron chi connectivity index (χ2n) is 13.0. The van der Waals surface area contributed by atoms with Crippen LogP contribution in [0.5, 0.6) is 5.75 Å². The SMILES string of the molecule is Cc1ccc(-c2c3cc(C)c(=O)c(CNc4cccc5ccc(C)nc45)c-3oc3c(CNc4cccc5ccc(C)nc45)c(O)ccc23)cc1. The van der Waals surface area contributed by atoms with Crippen molar-refractivity contribution in [2.75, 3.05) is 10.6 Å². The first-order valence-electron chi connectivity index (χ1n) is 16.8. The summed E-state index contributed by atoms with van der Waals surface area (Å²) in [6, 6.07) is 34.0. The minimum absolute atomic E-state index is 0.0932. The molecule has 1 aliphatic heterocycles. The number of hydrogen-bond donors (Lipinski definition) is 3. The van der Waals surface area contributed by atoms with Gasteiger partial charge in [0.1, 0.15) is 17.1 Å². The molecule has 50 heavy (non-hydrogen) atoms. The normalized spacial score (nSPS) is 11.5. The lowest BCUT2D eigenvalue weighted by Crippen LogP contribution is -2.18. The van der Waals surface area contributed by atoms with Gasteiger partial charge in [0.2, 0.25) is 0 Å². The van der Waals surface area contributed by atoms with Gasteiger partial charge in [0.15, 0.2) is 5.43 Å². The smallest absolute Gasteiger partial charge is 0.190 e. The summed E-state index contributed by atoms with van der Waals surface area (Å²) < 4.78 is 6.83. The van der Waals surface area contributed by atoms with Crippen molar-refractivity contribution in [3.8, 4) is 28.2 Å². The van der Waals surface area contributed by atoms with Gasteiger partial charge >= 0.3 is 0 Å². The van der Waals surface area contributed by atoms with E-state index in [2.05, 4.69) is 54.0 Å². The first-order valence-corrected chi connectivity index (χ1v) is 16.8. The molecule has 246 valence electrons. The van der Waals surface area contributed by atoms with Crippen LogP contribution in [0.2, 0.25) is 0 Å². The van der Waals surface area contributed by atoms with Crippen LogP contribution in [0, 0.1) is 27.7 Å². The fourth-order valence-electron chi connectivity index (χ4n) is 6.84. The van der Waals surface area contributed by atoms with E-state index in [9.17, 15) is 9.90 Å². The lowest BCUT2D eigenvalue weighted by Gasteiger charge is -2.21. The summed E-state index contributed by atoms with van der Waals surface area (Å²) in [7, 11) is 0. The van der Waals surface area contributed by atoms with Gasteiger partial charge in [0.25, 0.3) is 0 Å². The van der Waals surface area contributed by atoms with Crippen molar-refractivity contribution in [3.05, 3.63) is 147 Å². The van der Waals surface area contributed by atoms with E-state index >= 15 is 0 Å². The maximum absolute atomic E-state index is 14.0. The lowest BCUT2D eigenvalue weighted by atomic mass is 9.89. The fourth-order valence-corrected chi connectivity index (χ4v) is 6.84. The Labute approximate surface area is 289 Å². The third kappa shape index (κ3) is 5.47. The minimum Gasteiger partial charge on any atom is -0.507 e. The molecule has 2 aliphatic rings. The molecule has 0 bridgehead atoms. The number of anilines is 2. The number of nitrogens with one attached hydrogen (secondary N) is 2. The van der Waals surface area contributed by atoms with Crippen LogP contribution in [0.1, 0.15) is 33.6 Å². The molecule has 0 radical (unpaired) electrons. The Balaban J connectivity index is 1.32. The molecule has 0 saturated heterocycles. The van der Waals surface area contributed by atoms with Crippen molar-refractivity contribution in [3.63, 3.8) is 0 Å². The van der Waals surface area contributed by atoms with E-state index in [1.165, 1.54) is 0 Å². The first-order chi connectivity index (χ1) is 24.2. The maximum atomic E-state index is 14.0. The van der Waals surface area contributed by atoms with E-state index in [0.717, 1.165) is 72.2 Å². The number of nitrogens with zero attached hydrogens (tertiary/aromatic N) is 2. The third-order valence-electron chi connectivity index (χ3n) is 9.46. The highest BCUT2D eigenvalue weighted by Crippen LogP contribution is 2.44. The number of fused-ring (bicyclic) bond motifs is 4. The summed E-state index contributed by atoms with van der Waals surface area (Å²) in [5.41, 5.74) is 11.3. The van der Waals surface area contributed by atoms with Crippen LogP contribution in [0.3, 0.4) is 0 Å². The summed E-state index contributed by atoms with van der Waals surface area (Å²) in [4.78, 5) is 23.5. The van der Waals surface area contributed by atoms with Gasteiger partial charge in [-0.2, -0.15) is 0 Å². The Morgan fingerprint density at radius 1 is 0.680 bits per heavy atom. The van der Waals surface area contributed by atoms with E-state index in [-0.39, 0.29) is 24.3 Å². The fraction of sp³-hybridized carbons (Fsp3) is 0.140. The molecule has 0 amide bonds. The predicted octanol–water partition coefficient (Wildman–Crippen LogP) is 9.82. The number of phenols is 1. The molecular formula is C43H36N4O3. The molecule has 0 atom stereocenters. The van der Waals surface area contributed by atoms with Crippen LogP contribution >= 0.6 is 0 Å². The van der Waals surface area contributed by atoms with Crippen LogP contribution < -0.4 is 16.1 Å². The van der Waals surface area contributed by atoms with Gasteiger partial charge < -0.3 is 20.2 Å². The van der Waals surface area contributed by atoms with Crippen LogP contribution in [0.4, 0.5) is 11.4 Å². The lowest BCUT2D eigenvalue weighted by molar-refractivity contribution is 0.467. The number of phenolic OH excluding ortho intramolecular Hbond substituents is 1. The topological polar surface area (TPSA) is 100 Å². The number of aromatic nitrogens is 2. The molecule has 3 N–H and O–H groups in total. The molecule has 0 saturated carbocycles. The zero-order chi connectivity index (χ0) is 34.5. The number of rotatable bonds is 7. The molecule has 3 heterocycles. The Hall–Kier alpha value is -6.21. The molecule has 0 spiro atoms. The predicted molar refractivity (Wildman–Crippen MR) is 203 cm³/mol. The minimum atomic E-state index is -0.0932. The average Bonchev–Trinajstić information content (AvgIpc) is 3.11. The molecule has 4 aromatic carbocycles. The van der Waals surface area contributed by atoms with Gasteiger partial charge in [0.05, 0.1) is 33.5 Å². The highest BCUT2D eigenvalue weighted by Gasteiger charge is 2.25. The second kappa shape index (κ2) is 12.3. The van der Waals surface area contributed by atoms with Crippen molar-refractivity contribution in [2.24, 2.45) is 0 Å². The van der Waals surface area contributed by atoms with Gasteiger partial charge in [-0.1, -0.05) is 66.2 Å². The second-order valence-corrected chi connectivity index (χ2v) is 13.0. The van der Waals surface area contributed by atoms with E-state index in [1.54, 1.807) is 6.07 Å². The van der Waals surface area contributed by atoms with Crippen molar-refractivity contribution in [1.29, 1.82) is 0 Å². The van der Waals surface area contributed by atoms with Crippen LogP contribution in [-0.4, -0.2) is 15.1 Å². The van der Waals surface area contributed by atoms with Crippen molar-refractivity contribution >= 4 is 44.1 Å². The molecule has 0 unspecified atom stereocenters. The van der Waals surface area contributed by atoms with E-state index in [0.29, 0.717) is 28.0 Å². The first kappa shape index (κ1) is 31.1. The van der Waals surface area contributed by atoms with E-state index < -0.39 is 0 Å². The van der Waals surface area contributed by atoms with Crippen molar-refractivity contribution < 1.29 is 9.52 Å². The van der Waals surface area contributed by atoms with Crippen LogP contribution in [-0.2, 0) is 13.1 Å². The summed E-state index contributed by atoms with van der Waals surface area (Å²) in [6.07, 6.45) is 0. The molecule has 6 aromatic rings. The molecule has 7 heteroatoms. The third-order valence-corrected chi connectivity index (χ3v) is 9.46. The molecule has 2 aromatic heterocycles. The quantitative estimate of drug-likeness (QED) is 0.147. The highest BCUT2D eigenvalue weighted by atomic mass is 16.3. The van der Waals surface area contributed by atoms with Crippen LogP contribution in [0.15, 0.2) is 112 Å². The zero-order valence-electron chi connectivity index (χ0n) is 28.4. The average molecular weight is 657 g/mol. The molecule has 7 nitrogen and oxygen atoms in total. The number of pyridine rings is 2. The zero-order valence-corrected chi connectivity index (χ0v) is 28.4. The van der Waals surface area contributed by atoms with Gasteiger partial charge in [-0.25, -0.2) is 0 Å².